The van der Waals surface area contributed by atoms with Crippen molar-refractivity contribution < 1.29 is 12.8 Å². The maximum atomic E-state index is 13.5. The van der Waals surface area contributed by atoms with Gasteiger partial charge in [0, 0.05) is 23.5 Å². The van der Waals surface area contributed by atoms with Gasteiger partial charge in [0.2, 0.25) is 5.95 Å². The van der Waals surface area contributed by atoms with E-state index >= 15 is 0 Å². The zero-order chi connectivity index (χ0) is 20.6. The van der Waals surface area contributed by atoms with Gasteiger partial charge in [0.25, 0.3) is 0 Å². The first-order chi connectivity index (χ1) is 13.8. The largest absolute Gasteiger partial charge is 0.324 e. The van der Waals surface area contributed by atoms with Gasteiger partial charge in [-0.2, -0.15) is 10.1 Å². The molecule has 0 aliphatic rings. The van der Waals surface area contributed by atoms with Crippen molar-refractivity contribution >= 4 is 44.0 Å². The van der Waals surface area contributed by atoms with Crippen LogP contribution in [0.4, 0.5) is 27.7 Å². The Bertz CT molecular complexity index is 1320. The van der Waals surface area contributed by atoms with Crippen LogP contribution in [-0.2, 0) is 9.84 Å². The molecular weight excluding hydrogens is 395 g/mol. The summed E-state index contributed by atoms with van der Waals surface area (Å²) in [5.74, 6) is 0.773. The number of nitrogens with zero attached hydrogens (tertiary/aromatic N) is 3. The van der Waals surface area contributed by atoms with Crippen LogP contribution in [0, 0.1) is 12.7 Å². The molecule has 0 radical (unpaired) electrons. The normalized spacial score (nSPS) is 11.6. The van der Waals surface area contributed by atoms with Crippen molar-refractivity contribution in [3.63, 3.8) is 0 Å². The van der Waals surface area contributed by atoms with Crippen LogP contribution in [0.1, 0.15) is 5.56 Å². The summed E-state index contributed by atoms with van der Waals surface area (Å²) in [7, 11) is -3.34. The number of aryl methyl sites for hydroxylation is 1. The van der Waals surface area contributed by atoms with Crippen LogP contribution in [0.2, 0.25) is 0 Å². The molecule has 0 unspecified atom stereocenters. The first-order valence-electron chi connectivity index (χ1n) is 8.60. The second-order valence-electron chi connectivity index (χ2n) is 6.58. The first-order valence-corrected chi connectivity index (χ1v) is 10.5. The minimum Gasteiger partial charge on any atom is -0.324 e. The number of halogens is 1. The number of aromatic nitrogens is 4. The minimum absolute atomic E-state index is 0.208. The highest BCUT2D eigenvalue weighted by atomic mass is 32.2. The van der Waals surface area contributed by atoms with E-state index in [0.717, 1.165) is 11.8 Å². The molecule has 0 amide bonds. The lowest BCUT2D eigenvalue weighted by Gasteiger charge is -2.09. The molecule has 0 bridgehead atoms. The standard InChI is InChI=1S/C19H17FN6O2S/c1-11-7-13(10-14(8-11)29(2,27)28)22-19-21-6-5-17(24-19)23-18-15-9-12(20)3-4-16(15)25-26-18/h3-10H,1-2H3,(H3,21,22,23,24,25,26). The number of anilines is 4. The van der Waals surface area contributed by atoms with Gasteiger partial charge in [-0.05, 0) is 55.0 Å². The lowest BCUT2D eigenvalue weighted by atomic mass is 10.2. The molecule has 0 spiro atoms. The van der Waals surface area contributed by atoms with Crippen LogP contribution in [0.5, 0.6) is 0 Å². The van der Waals surface area contributed by atoms with Crippen molar-refractivity contribution in [1.82, 2.24) is 20.2 Å². The molecule has 0 saturated carbocycles. The lowest BCUT2D eigenvalue weighted by Crippen LogP contribution is -2.03. The maximum Gasteiger partial charge on any atom is 0.229 e. The van der Waals surface area contributed by atoms with Crippen molar-refractivity contribution in [2.75, 3.05) is 16.9 Å². The lowest BCUT2D eigenvalue weighted by molar-refractivity contribution is 0.602. The van der Waals surface area contributed by atoms with Gasteiger partial charge in [-0.3, -0.25) is 5.10 Å². The Labute approximate surface area is 166 Å². The molecule has 0 saturated heterocycles. The Morgan fingerprint density at radius 3 is 2.69 bits per heavy atom. The zero-order valence-corrected chi connectivity index (χ0v) is 16.4. The Kier molecular flexibility index (Phi) is 4.63. The number of hydrogen-bond acceptors (Lipinski definition) is 7. The molecule has 3 N–H and O–H groups in total. The van der Waals surface area contributed by atoms with Crippen LogP contribution < -0.4 is 10.6 Å². The molecule has 4 rings (SSSR count). The third-order valence-electron chi connectivity index (χ3n) is 4.16. The van der Waals surface area contributed by atoms with Crippen molar-refractivity contribution in [2.45, 2.75) is 11.8 Å². The minimum atomic E-state index is -3.34. The van der Waals surface area contributed by atoms with Crippen LogP contribution in [-0.4, -0.2) is 34.8 Å². The Morgan fingerprint density at radius 1 is 1.07 bits per heavy atom. The SMILES string of the molecule is Cc1cc(Nc2nccc(Nc3n[nH]c4ccc(F)cc34)n2)cc(S(C)(=O)=O)c1. The van der Waals surface area contributed by atoms with Gasteiger partial charge in [-0.15, -0.1) is 0 Å². The van der Waals surface area contributed by atoms with Crippen LogP contribution in [0.25, 0.3) is 10.9 Å². The van der Waals surface area contributed by atoms with Crippen LogP contribution >= 0.6 is 0 Å². The summed E-state index contributed by atoms with van der Waals surface area (Å²) in [5.41, 5.74) is 2.03. The number of fused-ring (bicyclic) bond motifs is 1. The van der Waals surface area contributed by atoms with E-state index in [4.69, 9.17) is 0 Å². The summed E-state index contributed by atoms with van der Waals surface area (Å²) < 4.78 is 37.2. The summed E-state index contributed by atoms with van der Waals surface area (Å²) >= 11 is 0. The maximum absolute atomic E-state index is 13.5. The van der Waals surface area contributed by atoms with E-state index in [0.29, 0.717) is 28.2 Å². The Morgan fingerprint density at radius 2 is 1.90 bits per heavy atom. The highest BCUT2D eigenvalue weighted by Gasteiger charge is 2.11. The van der Waals surface area contributed by atoms with Gasteiger partial charge in [-0.1, -0.05) is 0 Å². The molecule has 0 aliphatic heterocycles. The van der Waals surface area contributed by atoms with Crippen LogP contribution in [0.15, 0.2) is 53.6 Å². The molecule has 148 valence electrons. The number of benzene rings is 2. The average molecular weight is 412 g/mol. The fourth-order valence-corrected chi connectivity index (χ4v) is 3.60. The van der Waals surface area contributed by atoms with E-state index in [-0.39, 0.29) is 16.7 Å². The number of hydrogen-bond donors (Lipinski definition) is 3. The molecular formula is C19H17FN6O2S. The van der Waals surface area contributed by atoms with Crippen LogP contribution in [0.3, 0.4) is 0 Å². The molecule has 0 aliphatic carbocycles. The number of rotatable bonds is 5. The molecule has 8 nitrogen and oxygen atoms in total. The quantitative estimate of drug-likeness (QED) is 0.458. The number of sulfone groups is 1. The number of H-pyrrole nitrogens is 1. The summed E-state index contributed by atoms with van der Waals surface area (Å²) in [4.78, 5) is 8.73. The predicted molar refractivity (Wildman–Crippen MR) is 109 cm³/mol. The molecule has 0 atom stereocenters. The molecule has 10 heteroatoms. The molecule has 29 heavy (non-hydrogen) atoms. The van der Waals surface area contributed by atoms with E-state index < -0.39 is 9.84 Å². The predicted octanol–water partition coefficient (Wildman–Crippen LogP) is 3.69. The van der Waals surface area contributed by atoms with Crippen molar-refractivity contribution in [1.29, 1.82) is 0 Å². The molecule has 2 aromatic carbocycles. The van der Waals surface area contributed by atoms with Crippen molar-refractivity contribution in [2.24, 2.45) is 0 Å². The third-order valence-corrected chi connectivity index (χ3v) is 5.25. The zero-order valence-electron chi connectivity index (χ0n) is 15.6. The van der Waals surface area contributed by atoms with E-state index in [1.807, 2.05) is 0 Å². The molecule has 2 aromatic heterocycles. The van der Waals surface area contributed by atoms with Gasteiger partial charge in [-0.25, -0.2) is 17.8 Å². The van der Waals surface area contributed by atoms with E-state index in [1.165, 1.54) is 18.2 Å². The molecule has 0 fully saturated rings. The van der Waals surface area contributed by atoms with Gasteiger partial charge in [0.15, 0.2) is 15.7 Å². The average Bonchev–Trinajstić information content (AvgIpc) is 3.03. The first kappa shape index (κ1) is 18.8. The van der Waals surface area contributed by atoms with Gasteiger partial charge in [0.05, 0.1) is 10.4 Å². The van der Waals surface area contributed by atoms with E-state index in [1.54, 1.807) is 37.4 Å². The van der Waals surface area contributed by atoms with Gasteiger partial charge in [0.1, 0.15) is 11.6 Å². The molecule has 2 heterocycles. The highest BCUT2D eigenvalue weighted by Crippen LogP contribution is 2.25. The van der Waals surface area contributed by atoms with E-state index in [9.17, 15) is 12.8 Å². The Hall–Kier alpha value is -3.53. The number of nitrogens with one attached hydrogen (secondary N) is 3. The summed E-state index contributed by atoms with van der Waals surface area (Å²) in [6.07, 6.45) is 2.70. The summed E-state index contributed by atoms with van der Waals surface area (Å²) in [6, 6.07) is 10.9. The fourth-order valence-electron chi connectivity index (χ4n) is 2.85. The summed E-state index contributed by atoms with van der Waals surface area (Å²) in [5, 5.41) is 13.6. The fraction of sp³-hybridized carbons (Fsp3) is 0.105. The van der Waals surface area contributed by atoms with Crippen molar-refractivity contribution in [3.8, 4) is 0 Å². The smallest absolute Gasteiger partial charge is 0.229 e. The second kappa shape index (κ2) is 7.13. The second-order valence-corrected chi connectivity index (χ2v) is 8.60. The van der Waals surface area contributed by atoms with Gasteiger partial charge >= 0.3 is 0 Å². The van der Waals surface area contributed by atoms with Gasteiger partial charge < -0.3 is 10.6 Å². The van der Waals surface area contributed by atoms with E-state index in [2.05, 4.69) is 30.8 Å². The third kappa shape index (κ3) is 4.16. The molecule has 4 aromatic rings. The topological polar surface area (TPSA) is 113 Å². The summed E-state index contributed by atoms with van der Waals surface area (Å²) in [6.45, 7) is 1.81. The highest BCUT2D eigenvalue weighted by molar-refractivity contribution is 7.90. The Balaban J connectivity index is 1.61. The number of aromatic amines is 1. The van der Waals surface area contributed by atoms with Crippen molar-refractivity contribution in [3.05, 3.63) is 60.0 Å². The monoisotopic (exact) mass is 412 g/mol.